The van der Waals surface area contributed by atoms with E-state index in [-0.39, 0.29) is 0 Å². The van der Waals surface area contributed by atoms with Crippen LogP contribution in [0.25, 0.3) is 0 Å². The van der Waals surface area contributed by atoms with Crippen LogP contribution in [-0.2, 0) is 11.4 Å². The quantitative estimate of drug-likeness (QED) is 0.477. The zero-order valence-corrected chi connectivity index (χ0v) is 16.1. The zero-order valence-electron chi connectivity index (χ0n) is 15.3. The molecule has 0 bridgehead atoms. The predicted octanol–water partition coefficient (Wildman–Crippen LogP) is 4.44. The number of hydrogen-bond acceptors (Lipinski definition) is 6. The molecule has 26 heavy (non-hydrogen) atoms. The number of aryl methyl sites for hydroxylation is 3. The Morgan fingerprint density at radius 1 is 1.12 bits per heavy atom. The lowest BCUT2D eigenvalue weighted by Crippen LogP contribution is -2.09. The first-order valence-electron chi connectivity index (χ1n) is 8.29. The van der Waals surface area contributed by atoms with Crippen molar-refractivity contribution >= 4 is 17.2 Å². The lowest BCUT2D eigenvalue weighted by Gasteiger charge is -2.14. The van der Waals surface area contributed by atoms with Gasteiger partial charge in [-0.25, -0.2) is 0 Å². The predicted molar refractivity (Wildman–Crippen MR) is 104 cm³/mol. The highest BCUT2D eigenvalue weighted by atomic mass is 32.1. The van der Waals surface area contributed by atoms with Crippen molar-refractivity contribution in [1.82, 2.24) is 9.59 Å². The van der Waals surface area contributed by atoms with E-state index in [0.29, 0.717) is 6.61 Å². The van der Waals surface area contributed by atoms with Crippen LogP contribution in [0, 0.1) is 20.8 Å². The molecule has 0 N–H and O–H groups in total. The van der Waals surface area contributed by atoms with Gasteiger partial charge in [-0.2, -0.15) is 0 Å². The summed E-state index contributed by atoms with van der Waals surface area (Å²) in [4.78, 5) is 5.98. The van der Waals surface area contributed by atoms with Gasteiger partial charge in [-0.3, -0.25) is 0 Å². The van der Waals surface area contributed by atoms with Crippen molar-refractivity contribution in [3.8, 4) is 5.75 Å². The van der Waals surface area contributed by atoms with Gasteiger partial charge in [0.15, 0.2) is 0 Å². The molecular weight excluding hydrogens is 346 g/mol. The molecule has 0 amide bonds. The molecule has 0 aliphatic heterocycles. The summed E-state index contributed by atoms with van der Waals surface area (Å²) in [6.07, 6.45) is 0. The van der Waals surface area contributed by atoms with Crippen LogP contribution >= 0.6 is 11.5 Å². The van der Waals surface area contributed by atoms with Gasteiger partial charge in [0, 0.05) is 5.56 Å². The Kier molecular flexibility index (Phi) is 5.63. The highest BCUT2D eigenvalue weighted by molar-refractivity contribution is 7.08. The van der Waals surface area contributed by atoms with Crippen molar-refractivity contribution in [2.75, 3.05) is 7.11 Å². The summed E-state index contributed by atoms with van der Waals surface area (Å²) in [7, 11) is 1.54. The minimum absolute atomic E-state index is 0.439. The number of benzene rings is 2. The molecule has 3 aromatic rings. The van der Waals surface area contributed by atoms with E-state index in [2.05, 4.69) is 39.9 Å². The Labute approximate surface area is 157 Å². The van der Waals surface area contributed by atoms with E-state index < -0.39 is 0 Å². The molecule has 0 radical (unpaired) electrons. The van der Waals surface area contributed by atoms with Crippen LogP contribution in [-0.4, -0.2) is 22.4 Å². The maximum Gasteiger partial charge on any atom is 0.131 e. The topological polar surface area (TPSA) is 56.6 Å². The molecule has 0 saturated carbocycles. The van der Waals surface area contributed by atoms with Crippen molar-refractivity contribution in [3.63, 3.8) is 0 Å². The summed E-state index contributed by atoms with van der Waals surface area (Å²) in [5.41, 5.74) is 5.82. The summed E-state index contributed by atoms with van der Waals surface area (Å²) in [5.74, 6) is 0.890. The summed E-state index contributed by atoms with van der Waals surface area (Å²) >= 11 is 1.31. The summed E-state index contributed by atoms with van der Waals surface area (Å²) in [6.45, 7) is 6.46. The molecule has 1 heterocycles. The van der Waals surface area contributed by atoms with E-state index in [1.165, 1.54) is 17.1 Å². The van der Waals surface area contributed by atoms with Crippen molar-refractivity contribution in [2.24, 2.45) is 5.16 Å². The molecule has 0 unspecified atom stereocenters. The highest BCUT2D eigenvalue weighted by Gasteiger charge is 2.18. The minimum Gasteiger partial charge on any atom is -0.489 e. The van der Waals surface area contributed by atoms with Crippen LogP contribution in [0.4, 0.5) is 0 Å². The number of aromatic nitrogens is 2. The molecule has 3 rings (SSSR count). The molecule has 2 aromatic carbocycles. The van der Waals surface area contributed by atoms with Crippen LogP contribution in [0.2, 0.25) is 0 Å². The molecule has 0 fully saturated rings. The summed E-state index contributed by atoms with van der Waals surface area (Å²) in [6, 6.07) is 14.2. The van der Waals surface area contributed by atoms with Gasteiger partial charge in [0.05, 0.1) is 5.69 Å². The van der Waals surface area contributed by atoms with Gasteiger partial charge in [-0.1, -0.05) is 46.0 Å². The lowest BCUT2D eigenvalue weighted by molar-refractivity contribution is 0.214. The van der Waals surface area contributed by atoms with Crippen LogP contribution < -0.4 is 4.74 Å². The van der Waals surface area contributed by atoms with E-state index in [4.69, 9.17) is 9.57 Å². The molecular formula is C20H21N3O2S. The van der Waals surface area contributed by atoms with E-state index in [0.717, 1.165) is 38.7 Å². The van der Waals surface area contributed by atoms with E-state index in [1.54, 1.807) is 7.11 Å². The van der Waals surface area contributed by atoms with Gasteiger partial charge in [0.25, 0.3) is 0 Å². The van der Waals surface area contributed by atoms with Gasteiger partial charge < -0.3 is 9.57 Å². The molecule has 134 valence electrons. The Morgan fingerprint density at radius 3 is 2.65 bits per heavy atom. The van der Waals surface area contributed by atoms with E-state index in [1.807, 2.05) is 38.1 Å². The van der Waals surface area contributed by atoms with Crippen molar-refractivity contribution in [3.05, 3.63) is 75.3 Å². The average Bonchev–Trinajstić information content (AvgIpc) is 3.06. The maximum absolute atomic E-state index is 6.10. The van der Waals surface area contributed by atoms with E-state index >= 15 is 0 Å². The van der Waals surface area contributed by atoms with Gasteiger partial charge in [0.1, 0.15) is 30.1 Å². The van der Waals surface area contributed by atoms with Crippen LogP contribution in [0.5, 0.6) is 5.75 Å². The second-order valence-electron chi connectivity index (χ2n) is 6.02. The maximum atomic E-state index is 6.10. The van der Waals surface area contributed by atoms with Crippen molar-refractivity contribution < 1.29 is 9.57 Å². The molecule has 6 heteroatoms. The van der Waals surface area contributed by atoms with Gasteiger partial charge in [-0.15, -0.1) is 5.10 Å². The number of hydrogen-bond donors (Lipinski definition) is 0. The average molecular weight is 367 g/mol. The molecule has 0 aliphatic rings. The first-order valence-corrected chi connectivity index (χ1v) is 9.06. The summed E-state index contributed by atoms with van der Waals surface area (Å²) < 4.78 is 10.1. The lowest BCUT2D eigenvalue weighted by atomic mass is 10.0. The Balaban J connectivity index is 1.94. The second kappa shape index (κ2) is 8.10. The zero-order chi connectivity index (χ0) is 18.5. The van der Waals surface area contributed by atoms with Gasteiger partial charge in [0.2, 0.25) is 0 Å². The monoisotopic (exact) mass is 367 g/mol. The van der Waals surface area contributed by atoms with Crippen LogP contribution in [0.15, 0.2) is 47.6 Å². The third kappa shape index (κ3) is 3.91. The SMILES string of the molecule is CO/N=C(\c1ccccc1COc1cc(C)ccc1C)c1snnc1C. The summed E-state index contributed by atoms with van der Waals surface area (Å²) in [5, 5.41) is 8.33. The highest BCUT2D eigenvalue weighted by Crippen LogP contribution is 2.24. The van der Waals surface area contributed by atoms with Gasteiger partial charge in [-0.05, 0) is 55.1 Å². The Bertz CT molecular complexity index is 934. The number of ether oxygens (including phenoxy) is 1. The van der Waals surface area contributed by atoms with Crippen LogP contribution in [0.1, 0.15) is 32.8 Å². The fourth-order valence-electron chi connectivity index (χ4n) is 2.65. The first-order chi connectivity index (χ1) is 12.6. The second-order valence-corrected chi connectivity index (χ2v) is 6.78. The molecule has 5 nitrogen and oxygen atoms in total. The van der Waals surface area contributed by atoms with Crippen molar-refractivity contribution in [2.45, 2.75) is 27.4 Å². The molecule has 0 aliphatic carbocycles. The number of oxime groups is 1. The smallest absolute Gasteiger partial charge is 0.131 e. The Hall–Kier alpha value is -2.73. The minimum atomic E-state index is 0.439. The molecule has 0 atom stereocenters. The van der Waals surface area contributed by atoms with E-state index in [9.17, 15) is 0 Å². The largest absolute Gasteiger partial charge is 0.489 e. The van der Waals surface area contributed by atoms with Gasteiger partial charge >= 0.3 is 0 Å². The van der Waals surface area contributed by atoms with Crippen molar-refractivity contribution in [1.29, 1.82) is 0 Å². The number of rotatable bonds is 6. The Morgan fingerprint density at radius 2 is 1.92 bits per heavy atom. The standard InChI is InChI=1S/C20H21N3O2S/c1-13-9-10-14(2)18(11-13)25-12-16-7-5-6-8-17(16)19(22-24-4)20-15(3)21-23-26-20/h5-11H,12H2,1-4H3/b22-19+. The molecule has 0 spiro atoms. The molecule has 0 saturated heterocycles. The molecule has 1 aromatic heterocycles. The third-order valence-electron chi connectivity index (χ3n) is 4.05. The normalized spacial score (nSPS) is 11.5. The first kappa shape index (κ1) is 18.1. The third-order valence-corrected chi connectivity index (χ3v) is 4.88. The van der Waals surface area contributed by atoms with Crippen LogP contribution in [0.3, 0.4) is 0 Å². The fourth-order valence-corrected chi connectivity index (χ4v) is 3.30. The fraction of sp³-hybridized carbons (Fsp3) is 0.250. The number of nitrogens with zero attached hydrogens (tertiary/aromatic N) is 3.